The van der Waals surface area contributed by atoms with Crippen LogP contribution in [0.2, 0.25) is 0 Å². The lowest BCUT2D eigenvalue weighted by Crippen LogP contribution is -2.36. The van der Waals surface area contributed by atoms with Crippen LogP contribution in [0.1, 0.15) is 13.3 Å². The summed E-state index contributed by atoms with van der Waals surface area (Å²) in [6, 6.07) is 3.80. The van der Waals surface area contributed by atoms with E-state index in [4.69, 9.17) is 5.73 Å². The van der Waals surface area contributed by atoms with Crippen LogP contribution in [-0.2, 0) is 9.59 Å². The summed E-state index contributed by atoms with van der Waals surface area (Å²) in [6.07, 6.45) is 0.215. The Labute approximate surface area is 123 Å². The third-order valence-electron chi connectivity index (χ3n) is 2.80. The van der Waals surface area contributed by atoms with Crippen molar-refractivity contribution < 1.29 is 14.0 Å². The van der Waals surface area contributed by atoms with Crippen LogP contribution < -0.4 is 16.4 Å². The van der Waals surface area contributed by atoms with Crippen LogP contribution in [0.5, 0.6) is 0 Å². The maximum Gasteiger partial charge on any atom is 0.234 e. The van der Waals surface area contributed by atoms with E-state index < -0.39 is 5.82 Å². The summed E-state index contributed by atoms with van der Waals surface area (Å²) in [4.78, 5) is 24.9. The zero-order chi connectivity index (χ0) is 15.8. The largest absolute Gasteiger partial charge is 0.397 e. The molecule has 0 saturated carbocycles. The van der Waals surface area contributed by atoms with Crippen LogP contribution in [0.3, 0.4) is 0 Å². The average molecular weight is 296 g/mol. The predicted octanol–water partition coefficient (Wildman–Crippen LogP) is 0.804. The minimum Gasteiger partial charge on any atom is -0.397 e. The molecule has 1 aromatic carbocycles. The molecule has 2 amide bonds. The molecule has 0 saturated heterocycles. The Kier molecular flexibility index (Phi) is 6.61. The number of likely N-dealkylation sites (N-methyl/N-ethyl adjacent to an activating group) is 2. The highest BCUT2D eigenvalue weighted by molar-refractivity contribution is 5.93. The lowest BCUT2D eigenvalue weighted by Gasteiger charge is -2.16. The van der Waals surface area contributed by atoms with E-state index in [1.54, 1.807) is 11.9 Å². The number of amides is 2. The Hall–Kier alpha value is -2.15. The predicted molar refractivity (Wildman–Crippen MR) is 80.2 cm³/mol. The first-order valence-corrected chi connectivity index (χ1v) is 6.72. The minimum absolute atomic E-state index is 0.0804. The van der Waals surface area contributed by atoms with Crippen molar-refractivity contribution in [3.05, 3.63) is 24.0 Å². The van der Waals surface area contributed by atoms with Crippen molar-refractivity contribution in [2.75, 3.05) is 37.7 Å². The van der Waals surface area contributed by atoms with E-state index in [2.05, 4.69) is 10.6 Å². The molecule has 1 rings (SSSR count). The van der Waals surface area contributed by atoms with Gasteiger partial charge >= 0.3 is 0 Å². The first-order valence-electron chi connectivity index (χ1n) is 6.72. The van der Waals surface area contributed by atoms with Crippen LogP contribution in [0.4, 0.5) is 15.8 Å². The summed E-state index contributed by atoms with van der Waals surface area (Å²) < 4.78 is 12.9. The van der Waals surface area contributed by atoms with E-state index in [0.717, 1.165) is 6.07 Å². The fraction of sp³-hybridized carbons (Fsp3) is 0.429. The quantitative estimate of drug-likeness (QED) is 0.650. The smallest absolute Gasteiger partial charge is 0.234 e. The number of rotatable bonds is 7. The summed E-state index contributed by atoms with van der Waals surface area (Å²) >= 11 is 0. The fourth-order valence-electron chi connectivity index (χ4n) is 1.73. The number of nitrogens with two attached hydrogens (primary N) is 1. The molecule has 1 aromatic rings. The van der Waals surface area contributed by atoms with Gasteiger partial charge in [-0.1, -0.05) is 0 Å². The van der Waals surface area contributed by atoms with Gasteiger partial charge in [0.1, 0.15) is 5.82 Å². The standard InChI is InChI=1S/C14H21FN4O2/c1-3-17-14(21)9-19(2)7-6-13(20)18-12-5-4-10(15)8-11(12)16/h4-5,8H,3,6-7,9,16H2,1-2H3,(H,17,21)(H,18,20). The van der Waals surface area contributed by atoms with Gasteiger partial charge in [-0.25, -0.2) is 4.39 Å². The Balaban J connectivity index is 2.38. The van der Waals surface area contributed by atoms with E-state index in [-0.39, 0.29) is 30.5 Å². The molecule has 0 aliphatic carbocycles. The van der Waals surface area contributed by atoms with Crippen molar-refractivity contribution in [1.82, 2.24) is 10.2 Å². The molecule has 0 atom stereocenters. The lowest BCUT2D eigenvalue weighted by molar-refractivity contribution is -0.122. The molecule has 0 radical (unpaired) electrons. The molecular formula is C14H21FN4O2. The molecule has 0 bridgehead atoms. The Morgan fingerprint density at radius 3 is 2.67 bits per heavy atom. The number of anilines is 2. The van der Waals surface area contributed by atoms with Crippen LogP contribution in [0.15, 0.2) is 18.2 Å². The van der Waals surface area contributed by atoms with Crippen molar-refractivity contribution in [3.63, 3.8) is 0 Å². The van der Waals surface area contributed by atoms with E-state index >= 15 is 0 Å². The number of carbonyl (C=O) groups excluding carboxylic acids is 2. The number of nitrogens with one attached hydrogen (secondary N) is 2. The van der Waals surface area contributed by atoms with Gasteiger partial charge in [0, 0.05) is 19.5 Å². The molecule has 116 valence electrons. The summed E-state index contributed by atoms with van der Waals surface area (Å²) in [5, 5.41) is 5.30. The Bertz CT molecular complexity index is 508. The SMILES string of the molecule is CCNC(=O)CN(C)CCC(=O)Nc1ccc(F)cc1N. The van der Waals surface area contributed by atoms with E-state index in [0.29, 0.717) is 18.8 Å². The molecule has 0 aromatic heterocycles. The lowest BCUT2D eigenvalue weighted by atomic mass is 10.2. The maximum atomic E-state index is 12.9. The third-order valence-corrected chi connectivity index (χ3v) is 2.80. The molecule has 0 heterocycles. The van der Waals surface area contributed by atoms with E-state index in [1.165, 1.54) is 12.1 Å². The monoisotopic (exact) mass is 296 g/mol. The highest BCUT2D eigenvalue weighted by Crippen LogP contribution is 2.19. The number of halogens is 1. The van der Waals surface area contributed by atoms with E-state index in [1.807, 2.05) is 6.92 Å². The van der Waals surface area contributed by atoms with Gasteiger partial charge in [-0.2, -0.15) is 0 Å². The second kappa shape index (κ2) is 8.21. The number of benzene rings is 1. The molecule has 0 aliphatic heterocycles. The summed E-state index contributed by atoms with van der Waals surface area (Å²) in [7, 11) is 1.76. The van der Waals surface area contributed by atoms with Gasteiger partial charge < -0.3 is 16.4 Å². The topological polar surface area (TPSA) is 87.5 Å². The second-order valence-electron chi connectivity index (χ2n) is 4.72. The molecule has 7 heteroatoms. The number of hydrogen-bond donors (Lipinski definition) is 3. The van der Waals surface area contributed by atoms with Crippen molar-refractivity contribution >= 4 is 23.2 Å². The highest BCUT2D eigenvalue weighted by Gasteiger charge is 2.09. The fourth-order valence-corrected chi connectivity index (χ4v) is 1.73. The number of hydrogen-bond acceptors (Lipinski definition) is 4. The van der Waals surface area contributed by atoms with Crippen LogP contribution in [0.25, 0.3) is 0 Å². The molecule has 0 aliphatic rings. The summed E-state index contributed by atoms with van der Waals surface area (Å²) in [5.41, 5.74) is 6.17. The second-order valence-corrected chi connectivity index (χ2v) is 4.72. The summed E-state index contributed by atoms with van der Waals surface area (Å²) in [5.74, 6) is -0.772. The number of carbonyl (C=O) groups is 2. The third kappa shape index (κ3) is 6.22. The average Bonchev–Trinajstić information content (AvgIpc) is 2.40. The van der Waals surface area contributed by atoms with Crippen LogP contribution >= 0.6 is 0 Å². The van der Waals surface area contributed by atoms with Gasteiger partial charge in [0.15, 0.2) is 0 Å². The van der Waals surface area contributed by atoms with Gasteiger partial charge in [0.2, 0.25) is 11.8 Å². The van der Waals surface area contributed by atoms with Gasteiger partial charge in [-0.05, 0) is 32.2 Å². The van der Waals surface area contributed by atoms with Gasteiger partial charge in [-0.15, -0.1) is 0 Å². The van der Waals surface area contributed by atoms with Crippen LogP contribution in [-0.4, -0.2) is 43.4 Å². The zero-order valence-electron chi connectivity index (χ0n) is 12.3. The minimum atomic E-state index is -0.452. The van der Waals surface area contributed by atoms with Gasteiger partial charge in [0.05, 0.1) is 17.9 Å². The molecule has 4 N–H and O–H groups in total. The Morgan fingerprint density at radius 1 is 1.33 bits per heavy atom. The molecule has 0 unspecified atom stereocenters. The van der Waals surface area contributed by atoms with Gasteiger partial charge in [0.25, 0.3) is 0 Å². The number of nitrogen functional groups attached to an aromatic ring is 1. The van der Waals surface area contributed by atoms with Crippen LogP contribution in [0, 0.1) is 5.82 Å². The molecule has 0 fully saturated rings. The van der Waals surface area contributed by atoms with Gasteiger partial charge in [-0.3, -0.25) is 14.5 Å². The zero-order valence-corrected chi connectivity index (χ0v) is 12.3. The molecular weight excluding hydrogens is 275 g/mol. The summed E-state index contributed by atoms with van der Waals surface area (Å²) in [6.45, 7) is 3.10. The maximum absolute atomic E-state index is 12.9. The molecule has 21 heavy (non-hydrogen) atoms. The number of nitrogens with zero attached hydrogens (tertiary/aromatic N) is 1. The van der Waals surface area contributed by atoms with Crippen molar-refractivity contribution in [1.29, 1.82) is 0 Å². The Morgan fingerprint density at radius 2 is 2.05 bits per heavy atom. The van der Waals surface area contributed by atoms with Crippen molar-refractivity contribution in [2.24, 2.45) is 0 Å². The normalized spacial score (nSPS) is 10.5. The van der Waals surface area contributed by atoms with Crippen molar-refractivity contribution in [2.45, 2.75) is 13.3 Å². The highest BCUT2D eigenvalue weighted by atomic mass is 19.1. The van der Waals surface area contributed by atoms with Crippen molar-refractivity contribution in [3.8, 4) is 0 Å². The molecule has 0 spiro atoms. The first-order chi connectivity index (χ1) is 9.92. The molecule has 6 nitrogen and oxygen atoms in total. The first kappa shape index (κ1) is 16.9. The van der Waals surface area contributed by atoms with E-state index in [9.17, 15) is 14.0 Å².